The third-order valence-corrected chi connectivity index (χ3v) is 4.71. The van der Waals surface area contributed by atoms with Gasteiger partial charge in [-0.15, -0.1) is 0 Å². The van der Waals surface area contributed by atoms with Crippen molar-refractivity contribution in [1.82, 2.24) is 4.72 Å². The van der Waals surface area contributed by atoms with Gasteiger partial charge in [0.2, 0.25) is 11.8 Å². The number of sulfonamides is 1. The summed E-state index contributed by atoms with van der Waals surface area (Å²) in [6, 6.07) is 9.34. The number of nitrogens with one attached hydrogen (secondary N) is 2. The van der Waals surface area contributed by atoms with Crippen molar-refractivity contribution in [2.45, 2.75) is 18.2 Å². The summed E-state index contributed by atoms with van der Waals surface area (Å²) in [6.45, 7) is 1.36. The van der Waals surface area contributed by atoms with Crippen LogP contribution in [0.4, 0.5) is 10.1 Å². The highest BCUT2D eigenvalue weighted by Crippen LogP contribution is 2.19. The second-order valence-corrected chi connectivity index (χ2v) is 7.25. The molecule has 0 aliphatic rings. The lowest BCUT2D eigenvalue weighted by Gasteiger charge is -2.09. The molecule has 0 aliphatic heterocycles. The fraction of sp³-hybridized carbons (Fsp3) is 0.125. The lowest BCUT2D eigenvalue weighted by Crippen LogP contribution is -2.32. The van der Waals surface area contributed by atoms with E-state index in [0.29, 0.717) is 11.3 Å². The van der Waals surface area contributed by atoms with E-state index in [4.69, 9.17) is 11.6 Å². The van der Waals surface area contributed by atoms with E-state index in [-0.39, 0.29) is 17.4 Å². The first-order chi connectivity index (χ1) is 11.7. The molecule has 2 N–H and O–H groups in total. The normalized spacial score (nSPS) is 11.0. The van der Waals surface area contributed by atoms with E-state index in [1.54, 1.807) is 24.3 Å². The highest BCUT2D eigenvalue weighted by molar-refractivity contribution is 7.90. The molecule has 0 radical (unpaired) electrons. The summed E-state index contributed by atoms with van der Waals surface area (Å²) >= 11 is 5.58. The Labute approximate surface area is 149 Å². The molecule has 2 rings (SSSR count). The van der Waals surface area contributed by atoms with Gasteiger partial charge in [0.05, 0.1) is 6.42 Å². The van der Waals surface area contributed by atoms with Gasteiger partial charge in [0.1, 0.15) is 10.7 Å². The maximum absolute atomic E-state index is 13.7. The number of rotatable bonds is 5. The van der Waals surface area contributed by atoms with E-state index in [0.717, 1.165) is 12.1 Å². The van der Waals surface area contributed by atoms with Crippen LogP contribution in [0, 0.1) is 5.82 Å². The number of hydrogen-bond acceptors (Lipinski definition) is 4. The van der Waals surface area contributed by atoms with Crippen molar-refractivity contribution in [1.29, 1.82) is 0 Å². The summed E-state index contributed by atoms with van der Waals surface area (Å²) < 4.78 is 39.7. The van der Waals surface area contributed by atoms with Crippen LogP contribution in [0.15, 0.2) is 47.4 Å². The average molecular weight is 385 g/mol. The van der Waals surface area contributed by atoms with E-state index in [1.807, 2.05) is 4.72 Å². The zero-order valence-electron chi connectivity index (χ0n) is 13.0. The smallest absolute Gasteiger partial charge is 0.266 e. The number of carbonyl (C=O) groups is 2. The van der Waals surface area contributed by atoms with Gasteiger partial charge in [-0.2, -0.15) is 0 Å². The average Bonchev–Trinajstić information content (AvgIpc) is 2.47. The summed E-state index contributed by atoms with van der Waals surface area (Å²) in [7, 11) is -4.34. The van der Waals surface area contributed by atoms with Gasteiger partial charge in [0, 0.05) is 17.6 Å². The quantitative estimate of drug-likeness (QED) is 0.828. The minimum atomic E-state index is -4.34. The van der Waals surface area contributed by atoms with Gasteiger partial charge in [0.15, 0.2) is 0 Å². The van der Waals surface area contributed by atoms with Crippen LogP contribution in [0.5, 0.6) is 0 Å². The number of halogens is 2. The Morgan fingerprint density at radius 3 is 2.32 bits per heavy atom. The SMILES string of the molecule is CC(=O)Nc1ccc(CC(=O)NS(=O)(=O)c2ccc(Cl)cc2F)cc1. The standard InChI is InChI=1S/C16H14ClFN2O4S/c1-10(21)19-13-5-2-11(3-6-13)8-16(22)20-25(23,24)15-7-4-12(17)9-14(15)18/h2-7,9H,8H2,1H3,(H,19,21)(H,20,22). The van der Waals surface area contributed by atoms with Gasteiger partial charge in [-0.25, -0.2) is 17.5 Å². The first kappa shape index (κ1) is 18.9. The molecule has 0 saturated heterocycles. The summed E-state index contributed by atoms with van der Waals surface area (Å²) in [5.41, 5.74) is 1.07. The van der Waals surface area contributed by atoms with E-state index < -0.39 is 26.6 Å². The van der Waals surface area contributed by atoms with Gasteiger partial charge in [0.25, 0.3) is 10.0 Å². The summed E-state index contributed by atoms with van der Waals surface area (Å²) in [5.74, 6) is -2.10. The second-order valence-electron chi connectivity index (χ2n) is 5.16. The zero-order chi connectivity index (χ0) is 18.6. The Morgan fingerprint density at radius 2 is 1.76 bits per heavy atom. The van der Waals surface area contributed by atoms with Gasteiger partial charge in [-0.05, 0) is 35.9 Å². The van der Waals surface area contributed by atoms with Gasteiger partial charge in [-0.1, -0.05) is 23.7 Å². The van der Waals surface area contributed by atoms with Crippen LogP contribution in [-0.2, 0) is 26.0 Å². The van der Waals surface area contributed by atoms with Crippen LogP contribution < -0.4 is 10.0 Å². The third-order valence-electron chi connectivity index (χ3n) is 3.07. The van der Waals surface area contributed by atoms with Crippen LogP contribution in [-0.4, -0.2) is 20.2 Å². The van der Waals surface area contributed by atoms with E-state index in [2.05, 4.69) is 5.32 Å². The van der Waals surface area contributed by atoms with Crippen molar-refractivity contribution in [2.24, 2.45) is 0 Å². The van der Waals surface area contributed by atoms with Gasteiger partial charge in [-0.3, -0.25) is 9.59 Å². The van der Waals surface area contributed by atoms with Crippen molar-refractivity contribution in [2.75, 3.05) is 5.32 Å². The van der Waals surface area contributed by atoms with Crippen LogP contribution in [0.3, 0.4) is 0 Å². The Hall–Kier alpha value is -2.45. The van der Waals surface area contributed by atoms with E-state index in [1.165, 1.54) is 13.0 Å². The maximum atomic E-state index is 13.7. The monoisotopic (exact) mass is 384 g/mol. The molecule has 2 aromatic carbocycles. The molecule has 6 nitrogen and oxygen atoms in total. The number of carbonyl (C=O) groups excluding carboxylic acids is 2. The minimum Gasteiger partial charge on any atom is -0.326 e. The molecule has 132 valence electrons. The minimum absolute atomic E-state index is 0.0436. The van der Waals surface area contributed by atoms with E-state index in [9.17, 15) is 22.4 Å². The molecule has 2 aromatic rings. The van der Waals surface area contributed by atoms with E-state index >= 15 is 0 Å². The Bertz CT molecular complexity index is 914. The number of benzene rings is 2. The molecular formula is C16H14ClFN2O4S. The molecule has 0 fully saturated rings. The Kier molecular flexibility index (Phi) is 5.76. The van der Waals surface area contributed by atoms with Crippen molar-refractivity contribution in [3.63, 3.8) is 0 Å². The topological polar surface area (TPSA) is 92.3 Å². The van der Waals surface area contributed by atoms with Crippen molar-refractivity contribution >= 4 is 39.1 Å². The zero-order valence-corrected chi connectivity index (χ0v) is 14.6. The van der Waals surface area contributed by atoms with Crippen LogP contribution in [0.25, 0.3) is 0 Å². The lowest BCUT2D eigenvalue weighted by molar-refractivity contribution is -0.118. The molecule has 0 atom stereocenters. The molecule has 2 amide bonds. The predicted molar refractivity (Wildman–Crippen MR) is 91.2 cm³/mol. The number of amides is 2. The number of anilines is 1. The molecule has 9 heteroatoms. The molecule has 0 aliphatic carbocycles. The lowest BCUT2D eigenvalue weighted by atomic mass is 10.1. The first-order valence-corrected chi connectivity index (χ1v) is 8.91. The van der Waals surface area contributed by atoms with Crippen molar-refractivity contribution in [3.8, 4) is 0 Å². The molecule has 0 heterocycles. The predicted octanol–water partition coefficient (Wildman–Crippen LogP) is 2.49. The van der Waals surface area contributed by atoms with Gasteiger partial charge < -0.3 is 5.32 Å². The van der Waals surface area contributed by atoms with Crippen LogP contribution in [0.1, 0.15) is 12.5 Å². The summed E-state index contributed by atoms with van der Waals surface area (Å²) in [5, 5.41) is 2.61. The molecule has 0 bridgehead atoms. The summed E-state index contributed by atoms with van der Waals surface area (Å²) in [4.78, 5) is 22.2. The maximum Gasteiger partial charge on any atom is 0.266 e. The molecule has 0 unspecified atom stereocenters. The van der Waals surface area contributed by atoms with Crippen molar-refractivity contribution in [3.05, 3.63) is 58.9 Å². The third kappa shape index (κ3) is 5.27. The number of hydrogen-bond donors (Lipinski definition) is 2. The van der Waals surface area contributed by atoms with Crippen LogP contribution >= 0.6 is 11.6 Å². The first-order valence-electron chi connectivity index (χ1n) is 7.04. The van der Waals surface area contributed by atoms with Crippen LogP contribution in [0.2, 0.25) is 5.02 Å². The second kappa shape index (κ2) is 7.62. The Balaban J connectivity index is 2.07. The van der Waals surface area contributed by atoms with Crippen molar-refractivity contribution < 1.29 is 22.4 Å². The largest absolute Gasteiger partial charge is 0.326 e. The highest BCUT2D eigenvalue weighted by atomic mass is 35.5. The molecule has 0 saturated carbocycles. The fourth-order valence-electron chi connectivity index (χ4n) is 2.03. The molecule has 25 heavy (non-hydrogen) atoms. The molecule has 0 spiro atoms. The van der Waals surface area contributed by atoms with Gasteiger partial charge >= 0.3 is 0 Å². The summed E-state index contributed by atoms with van der Waals surface area (Å²) in [6.07, 6.45) is -0.227. The fourth-order valence-corrected chi connectivity index (χ4v) is 3.23. The molecule has 0 aromatic heterocycles. The Morgan fingerprint density at radius 1 is 1.12 bits per heavy atom. The highest BCUT2D eigenvalue weighted by Gasteiger charge is 2.22. The molecular weight excluding hydrogens is 371 g/mol.